The summed E-state index contributed by atoms with van der Waals surface area (Å²) in [5, 5.41) is 3.94. The van der Waals surface area contributed by atoms with E-state index in [0.29, 0.717) is 34.8 Å². The first-order valence-corrected chi connectivity index (χ1v) is 11.8. The molecule has 4 nitrogen and oxygen atoms in total. The second-order valence-electron chi connectivity index (χ2n) is 7.56. The van der Waals surface area contributed by atoms with Gasteiger partial charge in [-0.2, -0.15) is 0 Å². The van der Waals surface area contributed by atoms with E-state index in [0.717, 1.165) is 11.1 Å². The second-order valence-corrected chi connectivity index (χ2v) is 9.36. The van der Waals surface area contributed by atoms with Gasteiger partial charge in [-0.05, 0) is 36.1 Å². The molecule has 0 bridgehead atoms. The van der Waals surface area contributed by atoms with Gasteiger partial charge in [0.1, 0.15) is 6.04 Å². The summed E-state index contributed by atoms with van der Waals surface area (Å²) in [5.74, 6) is 1.05. The number of hydrogen-bond acceptors (Lipinski definition) is 3. The van der Waals surface area contributed by atoms with Gasteiger partial charge in [-0.3, -0.25) is 9.59 Å². The van der Waals surface area contributed by atoms with Gasteiger partial charge >= 0.3 is 0 Å². The van der Waals surface area contributed by atoms with E-state index >= 15 is 0 Å². The molecule has 0 saturated heterocycles. The van der Waals surface area contributed by atoms with Gasteiger partial charge in [0.2, 0.25) is 11.8 Å². The van der Waals surface area contributed by atoms with Gasteiger partial charge < -0.3 is 10.2 Å². The van der Waals surface area contributed by atoms with Crippen molar-refractivity contribution in [3.8, 4) is 0 Å². The molecule has 2 rings (SSSR count). The molecule has 0 aromatic heterocycles. The normalized spacial score (nSPS) is 11.9. The van der Waals surface area contributed by atoms with E-state index in [9.17, 15) is 9.59 Å². The summed E-state index contributed by atoms with van der Waals surface area (Å²) < 4.78 is 0. The van der Waals surface area contributed by atoms with E-state index in [2.05, 4.69) is 5.32 Å². The molecule has 2 aromatic carbocycles. The lowest BCUT2D eigenvalue weighted by Gasteiger charge is -2.29. The van der Waals surface area contributed by atoms with Crippen LogP contribution in [0.3, 0.4) is 0 Å². The molecule has 1 atom stereocenters. The highest BCUT2D eigenvalue weighted by molar-refractivity contribution is 7.99. The van der Waals surface area contributed by atoms with Crippen LogP contribution < -0.4 is 5.32 Å². The number of rotatable bonds is 10. The number of nitrogens with one attached hydrogen (secondary N) is 1. The van der Waals surface area contributed by atoms with Crippen LogP contribution in [-0.4, -0.2) is 35.1 Å². The minimum atomic E-state index is -0.554. The Morgan fingerprint density at radius 1 is 1.00 bits per heavy atom. The van der Waals surface area contributed by atoms with Crippen LogP contribution in [0.2, 0.25) is 10.0 Å². The molecule has 0 fully saturated rings. The minimum absolute atomic E-state index is 0.0730. The second kappa shape index (κ2) is 12.2. The molecular weight excluding hydrogens is 439 g/mol. The first kappa shape index (κ1) is 24.6. The fourth-order valence-electron chi connectivity index (χ4n) is 2.78. The van der Waals surface area contributed by atoms with Crippen LogP contribution in [0, 0.1) is 5.92 Å². The number of benzene rings is 2. The zero-order valence-corrected chi connectivity index (χ0v) is 19.9. The fraction of sp³-hybridized carbons (Fsp3) is 0.391. The highest BCUT2D eigenvalue weighted by atomic mass is 35.5. The van der Waals surface area contributed by atoms with Crippen molar-refractivity contribution in [2.24, 2.45) is 5.92 Å². The van der Waals surface area contributed by atoms with Gasteiger partial charge in [0, 0.05) is 18.8 Å². The molecule has 0 saturated carbocycles. The maximum absolute atomic E-state index is 13.0. The third-order valence-electron chi connectivity index (χ3n) is 4.53. The Bertz CT molecular complexity index is 846. The number of thioether (sulfide) groups is 1. The monoisotopic (exact) mass is 466 g/mol. The Labute approximate surface area is 193 Å². The fourth-order valence-corrected chi connectivity index (χ4v) is 3.96. The number of nitrogens with zero attached hydrogens (tertiary/aromatic N) is 1. The summed E-state index contributed by atoms with van der Waals surface area (Å²) in [6.45, 7) is 6.83. The quantitative estimate of drug-likeness (QED) is 0.508. The molecule has 0 aliphatic rings. The molecule has 0 aliphatic carbocycles. The van der Waals surface area contributed by atoms with Crippen molar-refractivity contribution in [1.82, 2.24) is 10.2 Å². The van der Waals surface area contributed by atoms with Gasteiger partial charge in [-0.1, -0.05) is 73.4 Å². The largest absolute Gasteiger partial charge is 0.354 e. The first-order chi connectivity index (χ1) is 14.3. The molecule has 7 heteroatoms. The van der Waals surface area contributed by atoms with E-state index in [1.54, 1.807) is 17.9 Å². The van der Waals surface area contributed by atoms with E-state index in [-0.39, 0.29) is 17.6 Å². The van der Waals surface area contributed by atoms with Crippen LogP contribution in [0.15, 0.2) is 48.5 Å². The molecule has 1 N–H and O–H groups in total. The van der Waals surface area contributed by atoms with Gasteiger partial charge in [0.25, 0.3) is 0 Å². The molecule has 0 spiro atoms. The Kier molecular flexibility index (Phi) is 10.0. The molecule has 0 aliphatic heterocycles. The van der Waals surface area contributed by atoms with Crippen molar-refractivity contribution in [2.45, 2.75) is 39.1 Å². The topological polar surface area (TPSA) is 49.4 Å². The van der Waals surface area contributed by atoms with Gasteiger partial charge in [-0.15, -0.1) is 11.8 Å². The lowest BCUT2D eigenvalue weighted by atomic mass is 10.1. The van der Waals surface area contributed by atoms with Crippen LogP contribution in [-0.2, 0) is 21.9 Å². The molecule has 162 valence electrons. The molecule has 2 aromatic rings. The smallest absolute Gasteiger partial charge is 0.242 e. The molecule has 0 unspecified atom stereocenters. The lowest BCUT2D eigenvalue weighted by molar-refractivity contribution is -0.138. The molecule has 2 amide bonds. The Hall–Kier alpha value is -1.69. The van der Waals surface area contributed by atoms with E-state index in [1.165, 1.54) is 11.8 Å². The van der Waals surface area contributed by atoms with Crippen LogP contribution >= 0.6 is 35.0 Å². The standard InChI is InChI=1S/C23H28Cl2N2O2S/c1-16(2)12-26-23(29)17(3)27(13-18-7-5-4-6-8-18)22(28)15-30-14-19-9-10-20(24)21(25)11-19/h4-11,16-17H,12-15H2,1-3H3,(H,26,29)/t17-/m0/s1. The minimum Gasteiger partial charge on any atom is -0.354 e. The highest BCUT2D eigenvalue weighted by Crippen LogP contribution is 2.25. The van der Waals surface area contributed by atoms with Crippen molar-refractivity contribution in [2.75, 3.05) is 12.3 Å². The Morgan fingerprint density at radius 2 is 1.70 bits per heavy atom. The summed E-state index contributed by atoms with van der Waals surface area (Å²) in [6, 6.07) is 14.6. The van der Waals surface area contributed by atoms with E-state index in [4.69, 9.17) is 23.2 Å². The van der Waals surface area contributed by atoms with Gasteiger partial charge in [0.15, 0.2) is 0 Å². The number of carbonyl (C=O) groups is 2. The number of halogens is 2. The summed E-state index contributed by atoms with van der Waals surface area (Å²) in [5.41, 5.74) is 1.99. The van der Waals surface area contributed by atoms with Crippen molar-refractivity contribution in [3.63, 3.8) is 0 Å². The van der Waals surface area contributed by atoms with Crippen molar-refractivity contribution in [3.05, 3.63) is 69.7 Å². The maximum atomic E-state index is 13.0. The number of carbonyl (C=O) groups excluding carboxylic acids is 2. The SMILES string of the molecule is CC(C)CNC(=O)[C@H](C)N(Cc1ccccc1)C(=O)CSCc1ccc(Cl)c(Cl)c1. The summed E-state index contributed by atoms with van der Waals surface area (Å²) in [4.78, 5) is 27.3. The average molecular weight is 467 g/mol. The maximum Gasteiger partial charge on any atom is 0.242 e. The first-order valence-electron chi connectivity index (χ1n) is 9.90. The van der Waals surface area contributed by atoms with Gasteiger partial charge in [0.05, 0.1) is 15.8 Å². The van der Waals surface area contributed by atoms with Crippen LogP contribution in [0.25, 0.3) is 0 Å². The van der Waals surface area contributed by atoms with E-state index < -0.39 is 6.04 Å². The van der Waals surface area contributed by atoms with Crippen LogP contribution in [0.5, 0.6) is 0 Å². The summed E-state index contributed by atoms with van der Waals surface area (Å²) in [7, 11) is 0. The molecular formula is C23H28Cl2N2O2S. The Morgan fingerprint density at radius 3 is 2.33 bits per heavy atom. The number of hydrogen-bond donors (Lipinski definition) is 1. The van der Waals surface area contributed by atoms with Crippen molar-refractivity contribution < 1.29 is 9.59 Å². The molecule has 0 heterocycles. The highest BCUT2D eigenvalue weighted by Gasteiger charge is 2.26. The molecule has 0 radical (unpaired) electrons. The average Bonchev–Trinajstić information content (AvgIpc) is 2.73. The van der Waals surface area contributed by atoms with Crippen LogP contribution in [0.1, 0.15) is 31.9 Å². The predicted molar refractivity (Wildman–Crippen MR) is 127 cm³/mol. The third-order valence-corrected chi connectivity index (χ3v) is 6.25. The van der Waals surface area contributed by atoms with E-state index in [1.807, 2.05) is 56.3 Å². The number of amides is 2. The zero-order valence-electron chi connectivity index (χ0n) is 17.5. The predicted octanol–water partition coefficient (Wildman–Crippen LogP) is 5.42. The summed E-state index contributed by atoms with van der Waals surface area (Å²) in [6.07, 6.45) is 0. The van der Waals surface area contributed by atoms with Gasteiger partial charge in [-0.25, -0.2) is 0 Å². The zero-order chi connectivity index (χ0) is 22.1. The lowest BCUT2D eigenvalue weighted by Crippen LogP contribution is -2.48. The van der Waals surface area contributed by atoms with Crippen molar-refractivity contribution >= 4 is 46.8 Å². The van der Waals surface area contributed by atoms with Crippen molar-refractivity contribution in [1.29, 1.82) is 0 Å². The third kappa shape index (κ3) is 7.86. The summed E-state index contributed by atoms with van der Waals surface area (Å²) >= 11 is 13.5. The van der Waals surface area contributed by atoms with Crippen LogP contribution in [0.4, 0.5) is 0 Å². The Balaban J connectivity index is 2.03. The molecule has 30 heavy (non-hydrogen) atoms.